The number of amides is 1. The van der Waals surface area contributed by atoms with Crippen molar-refractivity contribution in [3.8, 4) is 0 Å². The number of carboxylic acids is 1. The van der Waals surface area contributed by atoms with Crippen molar-refractivity contribution in [1.29, 1.82) is 0 Å². The van der Waals surface area contributed by atoms with Crippen molar-refractivity contribution in [1.82, 2.24) is 5.32 Å². The summed E-state index contributed by atoms with van der Waals surface area (Å²) in [7, 11) is 0. The SMILES string of the molecule is O=C(N[C@H]1CCC[C@H]1C(=O)O)c1ccc(Cl)o1. The first-order valence-corrected chi connectivity index (χ1v) is 5.74. The molecule has 17 heavy (non-hydrogen) atoms. The van der Waals surface area contributed by atoms with E-state index in [1.165, 1.54) is 12.1 Å². The Morgan fingerprint density at radius 3 is 2.76 bits per heavy atom. The molecule has 0 aliphatic heterocycles. The zero-order chi connectivity index (χ0) is 12.4. The molecule has 0 spiro atoms. The van der Waals surface area contributed by atoms with Crippen molar-refractivity contribution in [2.24, 2.45) is 5.92 Å². The minimum Gasteiger partial charge on any atom is -0.481 e. The van der Waals surface area contributed by atoms with Crippen LogP contribution >= 0.6 is 11.6 Å². The standard InChI is InChI=1S/C11H12ClNO4/c12-9-5-4-8(17-9)10(14)13-7-3-1-2-6(7)11(15)16/h4-7H,1-3H2,(H,13,14)(H,15,16)/t6-,7+/m1/s1. The minimum atomic E-state index is -0.870. The van der Waals surface area contributed by atoms with Crippen LogP contribution in [0.25, 0.3) is 0 Å². The van der Waals surface area contributed by atoms with E-state index in [-0.39, 0.29) is 17.0 Å². The lowest BCUT2D eigenvalue weighted by atomic mass is 10.0. The molecular weight excluding hydrogens is 246 g/mol. The van der Waals surface area contributed by atoms with Crippen LogP contribution in [0.2, 0.25) is 5.22 Å². The maximum Gasteiger partial charge on any atom is 0.308 e. The minimum absolute atomic E-state index is 0.103. The molecule has 2 N–H and O–H groups in total. The van der Waals surface area contributed by atoms with E-state index in [1.54, 1.807) is 0 Å². The molecule has 1 saturated carbocycles. The third-order valence-electron chi connectivity index (χ3n) is 2.95. The van der Waals surface area contributed by atoms with Gasteiger partial charge in [-0.25, -0.2) is 0 Å². The normalized spacial score (nSPS) is 23.6. The number of aliphatic carboxylic acids is 1. The molecule has 1 aromatic rings. The molecule has 1 aliphatic carbocycles. The molecule has 1 aliphatic rings. The first kappa shape index (κ1) is 12.0. The molecule has 1 aromatic heterocycles. The Morgan fingerprint density at radius 1 is 1.41 bits per heavy atom. The summed E-state index contributed by atoms with van der Waals surface area (Å²) < 4.78 is 4.96. The highest BCUT2D eigenvalue weighted by atomic mass is 35.5. The smallest absolute Gasteiger partial charge is 0.308 e. The lowest BCUT2D eigenvalue weighted by Gasteiger charge is -2.16. The molecule has 1 amide bonds. The largest absolute Gasteiger partial charge is 0.481 e. The first-order chi connectivity index (χ1) is 8.08. The van der Waals surface area contributed by atoms with E-state index in [2.05, 4.69) is 5.32 Å². The summed E-state index contributed by atoms with van der Waals surface area (Å²) in [5.74, 6) is -1.70. The van der Waals surface area contributed by atoms with Gasteiger partial charge in [-0.3, -0.25) is 9.59 Å². The molecule has 2 rings (SSSR count). The summed E-state index contributed by atoms with van der Waals surface area (Å²) in [6.07, 6.45) is 2.08. The van der Waals surface area contributed by atoms with Crippen LogP contribution in [0.15, 0.2) is 16.5 Å². The molecule has 6 heteroatoms. The number of halogens is 1. The van der Waals surface area contributed by atoms with Crippen LogP contribution in [-0.4, -0.2) is 23.0 Å². The van der Waals surface area contributed by atoms with Gasteiger partial charge >= 0.3 is 5.97 Å². The Labute approximate surface area is 103 Å². The highest BCUT2D eigenvalue weighted by molar-refractivity contribution is 6.29. The maximum absolute atomic E-state index is 11.7. The van der Waals surface area contributed by atoms with Gasteiger partial charge in [0.1, 0.15) is 0 Å². The van der Waals surface area contributed by atoms with Gasteiger partial charge in [0.2, 0.25) is 0 Å². The maximum atomic E-state index is 11.7. The van der Waals surface area contributed by atoms with Crippen LogP contribution in [-0.2, 0) is 4.79 Å². The van der Waals surface area contributed by atoms with Crippen LogP contribution < -0.4 is 5.32 Å². The van der Waals surface area contributed by atoms with Gasteiger partial charge in [0.25, 0.3) is 5.91 Å². The summed E-state index contributed by atoms with van der Waals surface area (Å²) in [4.78, 5) is 22.7. The van der Waals surface area contributed by atoms with Gasteiger partial charge in [0, 0.05) is 6.04 Å². The van der Waals surface area contributed by atoms with E-state index in [4.69, 9.17) is 21.1 Å². The van der Waals surface area contributed by atoms with Gasteiger partial charge in [-0.15, -0.1) is 0 Å². The molecule has 5 nitrogen and oxygen atoms in total. The van der Waals surface area contributed by atoms with Gasteiger partial charge in [0.15, 0.2) is 11.0 Å². The Morgan fingerprint density at radius 2 is 2.18 bits per heavy atom. The van der Waals surface area contributed by atoms with Crippen molar-refractivity contribution in [3.63, 3.8) is 0 Å². The fourth-order valence-electron chi connectivity index (χ4n) is 2.10. The summed E-state index contributed by atoms with van der Waals surface area (Å²) >= 11 is 5.56. The number of hydrogen-bond donors (Lipinski definition) is 2. The van der Waals surface area contributed by atoms with Crippen molar-refractivity contribution in [2.75, 3.05) is 0 Å². The molecule has 2 atom stereocenters. The van der Waals surface area contributed by atoms with Gasteiger partial charge in [-0.05, 0) is 36.6 Å². The van der Waals surface area contributed by atoms with Crippen molar-refractivity contribution in [3.05, 3.63) is 23.1 Å². The highest BCUT2D eigenvalue weighted by Gasteiger charge is 2.34. The molecule has 0 unspecified atom stereocenters. The molecule has 1 fully saturated rings. The average molecular weight is 258 g/mol. The number of nitrogens with one attached hydrogen (secondary N) is 1. The van der Waals surface area contributed by atoms with Crippen molar-refractivity contribution < 1.29 is 19.1 Å². The molecule has 92 valence electrons. The third kappa shape index (κ3) is 2.61. The number of carboxylic acid groups (broad SMARTS) is 1. The van der Waals surface area contributed by atoms with Crippen LogP contribution in [0.3, 0.4) is 0 Å². The number of carbonyl (C=O) groups excluding carboxylic acids is 1. The Kier molecular flexibility index (Phi) is 3.38. The topological polar surface area (TPSA) is 79.5 Å². The van der Waals surface area contributed by atoms with Crippen LogP contribution in [0.1, 0.15) is 29.8 Å². The van der Waals surface area contributed by atoms with E-state index in [0.29, 0.717) is 12.8 Å². The van der Waals surface area contributed by atoms with Crippen LogP contribution in [0, 0.1) is 5.92 Å². The summed E-state index contributed by atoms with van der Waals surface area (Å²) in [5.41, 5.74) is 0. The third-order valence-corrected chi connectivity index (χ3v) is 3.15. The Hall–Kier alpha value is -1.49. The average Bonchev–Trinajstić information content (AvgIpc) is 2.86. The van der Waals surface area contributed by atoms with Gasteiger partial charge in [-0.1, -0.05) is 6.42 Å². The fraction of sp³-hybridized carbons (Fsp3) is 0.455. The first-order valence-electron chi connectivity index (χ1n) is 5.37. The number of hydrogen-bond acceptors (Lipinski definition) is 3. The quantitative estimate of drug-likeness (QED) is 0.867. The molecule has 1 heterocycles. The fourth-order valence-corrected chi connectivity index (χ4v) is 2.25. The predicted octanol–water partition coefficient (Wildman–Crippen LogP) is 1.92. The van der Waals surface area contributed by atoms with Crippen molar-refractivity contribution in [2.45, 2.75) is 25.3 Å². The number of furan rings is 1. The van der Waals surface area contributed by atoms with Crippen molar-refractivity contribution >= 4 is 23.5 Å². The Bertz CT molecular complexity index is 442. The molecule has 0 bridgehead atoms. The zero-order valence-electron chi connectivity index (χ0n) is 8.98. The van der Waals surface area contributed by atoms with E-state index in [1.807, 2.05) is 0 Å². The number of carbonyl (C=O) groups is 2. The Balaban J connectivity index is 2.01. The number of rotatable bonds is 3. The second kappa shape index (κ2) is 4.79. The van der Waals surface area contributed by atoms with Gasteiger partial charge in [-0.2, -0.15) is 0 Å². The van der Waals surface area contributed by atoms with Gasteiger partial charge in [0.05, 0.1) is 5.92 Å². The predicted molar refractivity (Wildman–Crippen MR) is 59.9 cm³/mol. The van der Waals surface area contributed by atoms with Crippen LogP contribution in [0.5, 0.6) is 0 Å². The molecule has 0 aromatic carbocycles. The van der Waals surface area contributed by atoms with Crippen LogP contribution in [0.4, 0.5) is 0 Å². The lowest BCUT2D eigenvalue weighted by Crippen LogP contribution is -2.40. The summed E-state index contributed by atoms with van der Waals surface area (Å²) in [5, 5.41) is 11.8. The monoisotopic (exact) mass is 257 g/mol. The second-order valence-corrected chi connectivity index (χ2v) is 4.43. The highest BCUT2D eigenvalue weighted by Crippen LogP contribution is 2.26. The lowest BCUT2D eigenvalue weighted by molar-refractivity contribution is -0.142. The van der Waals surface area contributed by atoms with E-state index in [9.17, 15) is 9.59 Å². The second-order valence-electron chi connectivity index (χ2n) is 4.06. The zero-order valence-corrected chi connectivity index (χ0v) is 9.74. The summed E-state index contributed by atoms with van der Waals surface area (Å²) in [6.45, 7) is 0. The van der Waals surface area contributed by atoms with E-state index >= 15 is 0 Å². The van der Waals surface area contributed by atoms with Gasteiger partial charge < -0.3 is 14.8 Å². The molecule has 0 saturated heterocycles. The molecule has 0 radical (unpaired) electrons. The van der Waals surface area contributed by atoms with E-state index in [0.717, 1.165) is 6.42 Å². The van der Waals surface area contributed by atoms with E-state index < -0.39 is 17.8 Å². The summed E-state index contributed by atoms with van der Waals surface area (Å²) in [6, 6.07) is 2.60. The molecular formula is C11H12ClNO4.